The van der Waals surface area contributed by atoms with E-state index in [1.807, 2.05) is 0 Å². The molecule has 3 heteroatoms. The molecular formula is C5H10BrNO. The molecule has 0 atom stereocenters. The SMILES string of the molecule is CN(C)C(=O)CCBr. The minimum Gasteiger partial charge on any atom is -0.349 e. The largest absolute Gasteiger partial charge is 0.349 e. The summed E-state index contributed by atoms with van der Waals surface area (Å²) in [5.41, 5.74) is 0. The highest BCUT2D eigenvalue weighted by molar-refractivity contribution is 9.09. The predicted octanol–water partition coefficient (Wildman–Crippen LogP) is 0.860. The van der Waals surface area contributed by atoms with Crippen molar-refractivity contribution in [1.29, 1.82) is 0 Å². The molecule has 0 aliphatic heterocycles. The monoisotopic (exact) mass is 179 g/mol. The number of amides is 1. The molecule has 0 aromatic heterocycles. The van der Waals surface area contributed by atoms with Gasteiger partial charge in [0.2, 0.25) is 5.91 Å². The summed E-state index contributed by atoms with van der Waals surface area (Å²) in [7, 11) is 3.51. The Morgan fingerprint density at radius 2 is 2.12 bits per heavy atom. The summed E-state index contributed by atoms with van der Waals surface area (Å²) in [6.07, 6.45) is 0.590. The van der Waals surface area contributed by atoms with E-state index in [2.05, 4.69) is 15.9 Å². The lowest BCUT2D eigenvalue weighted by molar-refractivity contribution is -0.128. The standard InChI is InChI=1S/C5H10BrNO/c1-7(2)5(8)3-4-6/h3-4H2,1-2H3. The van der Waals surface area contributed by atoms with E-state index in [1.54, 1.807) is 19.0 Å². The zero-order valence-electron chi connectivity index (χ0n) is 5.15. The van der Waals surface area contributed by atoms with Gasteiger partial charge < -0.3 is 4.90 Å². The molecule has 8 heavy (non-hydrogen) atoms. The first-order chi connectivity index (χ1) is 3.68. The van der Waals surface area contributed by atoms with Crippen LogP contribution in [0.4, 0.5) is 0 Å². The smallest absolute Gasteiger partial charge is 0.222 e. The fourth-order valence-electron chi connectivity index (χ4n) is 0.304. The van der Waals surface area contributed by atoms with Crippen molar-refractivity contribution in [1.82, 2.24) is 4.90 Å². The van der Waals surface area contributed by atoms with E-state index < -0.39 is 0 Å². The van der Waals surface area contributed by atoms with Crippen LogP contribution in [-0.4, -0.2) is 30.2 Å². The number of nitrogens with zero attached hydrogens (tertiary/aromatic N) is 1. The Balaban J connectivity index is 3.33. The van der Waals surface area contributed by atoms with Gasteiger partial charge in [-0.2, -0.15) is 0 Å². The molecule has 0 bridgehead atoms. The van der Waals surface area contributed by atoms with Gasteiger partial charge >= 0.3 is 0 Å². The molecule has 0 rings (SSSR count). The lowest BCUT2D eigenvalue weighted by atomic mass is 10.4. The second-order valence-corrected chi connectivity index (χ2v) is 2.52. The third-order valence-corrected chi connectivity index (χ3v) is 1.20. The molecule has 0 saturated carbocycles. The average Bonchev–Trinajstić information content (AvgIpc) is 1.67. The highest BCUT2D eigenvalue weighted by Crippen LogP contribution is 1.90. The summed E-state index contributed by atoms with van der Waals surface area (Å²) < 4.78 is 0. The molecule has 0 radical (unpaired) electrons. The summed E-state index contributed by atoms with van der Waals surface area (Å²) in [4.78, 5) is 12.2. The van der Waals surface area contributed by atoms with Crippen molar-refractivity contribution in [3.8, 4) is 0 Å². The van der Waals surface area contributed by atoms with Crippen LogP contribution < -0.4 is 0 Å². The van der Waals surface area contributed by atoms with Gasteiger partial charge in [-0.25, -0.2) is 0 Å². The van der Waals surface area contributed by atoms with E-state index in [0.717, 1.165) is 5.33 Å². The summed E-state index contributed by atoms with van der Waals surface area (Å²) in [6, 6.07) is 0. The zero-order chi connectivity index (χ0) is 6.57. The molecule has 48 valence electrons. The van der Waals surface area contributed by atoms with Gasteiger partial charge in [-0.3, -0.25) is 4.79 Å². The number of alkyl halides is 1. The van der Waals surface area contributed by atoms with Crippen molar-refractivity contribution in [2.45, 2.75) is 6.42 Å². The molecule has 0 aliphatic carbocycles. The van der Waals surface area contributed by atoms with Crippen LogP contribution >= 0.6 is 15.9 Å². The molecule has 0 saturated heterocycles. The van der Waals surface area contributed by atoms with Gasteiger partial charge in [0.25, 0.3) is 0 Å². The normalized spacial score (nSPS) is 8.88. The Labute approximate surface area is 58.0 Å². The van der Waals surface area contributed by atoms with Crippen LogP contribution in [0.2, 0.25) is 0 Å². The van der Waals surface area contributed by atoms with Crippen LogP contribution in [0.1, 0.15) is 6.42 Å². The fraction of sp³-hybridized carbons (Fsp3) is 0.800. The first-order valence-corrected chi connectivity index (χ1v) is 3.56. The molecule has 0 aromatic rings. The van der Waals surface area contributed by atoms with E-state index in [-0.39, 0.29) is 5.91 Å². The molecular weight excluding hydrogens is 170 g/mol. The van der Waals surface area contributed by atoms with Gasteiger partial charge in [-0.05, 0) is 0 Å². The Morgan fingerprint density at radius 3 is 2.25 bits per heavy atom. The summed E-state index contributed by atoms with van der Waals surface area (Å²) in [5, 5.41) is 0.754. The molecule has 0 heterocycles. The quantitative estimate of drug-likeness (QED) is 0.577. The van der Waals surface area contributed by atoms with Crippen LogP contribution in [0.15, 0.2) is 0 Å². The number of carbonyl (C=O) groups is 1. The Kier molecular flexibility index (Phi) is 3.87. The molecule has 0 aromatic carbocycles. The average molecular weight is 180 g/mol. The van der Waals surface area contributed by atoms with Crippen LogP contribution in [0.5, 0.6) is 0 Å². The van der Waals surface area contributed by atoms with Gasteiger partial charge in [0.1, 0.15) is 0 Å². The maximum atomic E-state index is 10.6. The van der Waals surface area contributed by atoms with Gasteiger partial charge in [-0.15, -0.1) is 0 Å². The minimum atomic E-state index is 0.168. The molecule has 0 unspecified atom stereocenters. The van der Waals surface area contributed by atoms with Crippen molar-refractivity contribution < 1.29 is 4.79 Å². The third-order valence-electron chi connectivity index (χ3n) is 0.807. The summed E-state index contributed by atoms with van der Waals surface area (Å²) in [5.74, 6) is 0.168. The highest BCUT2D eigenvalue weighted by Gasteiger charge is 1.99. The van der Waals surface area contributed by atoms with Crippen molar-refractivity contribution >= 4 is 21.8 Å². The van der Waals surface area contributed by atoms with Crippen LogP contribution in [0.3, 0.4) is 0 Å². The van der Waals surface area contributed by atoms with E-state index in [1.165, 1.54) is 0 Å². The van der Waals surface area contributed by atoms with Crippen LogP contribution in [-0.2, 0) is 4.79 Å². The predicted molar refractivity (Wildman–Crippen MR) is 37.1 cm³/mol. The third kappa shape index (κ3) is 3.02. The van der Waals surface area contributed by atoms with Gasteiger partial charge in [-0.1, -0.05) is 15.9 Å². The topological polar surface area (TPSA) is 20.3 Å². The van der Waals surface area contributed by atoms with Gasteiger partial charge in [0, 0.05) is 25.8 Å². The molecule has 0 spiro atoms. The maximum absolute atomic E-state index is 10.6. The number of carbonyl (C=O) groups excluding carboxylic acids is 1. The van der Waals surface area contributed by atoms with Gasteiger partial charge in [0.05, 0.1) is 0 Å². The Hall–Kier alpha value is -0.0500. The first-order valence-electron chi connectivity index (χ1n) is 2.44. The summed E-state index contributed by atoms with van der Waals surface area (Å²) in [6.45, 7) is 0. The first kappa shape index (κ1) is 7.95. The van der Waals surface area contributed by atoms with Crippen molar-refractivity contribution in [3.05, 3.63) is 0 Å². The Bertz CT molecular complexity index is 82.5. The molecule has 0 aliphatic rings. The van der Waals surface area contributed by atoms with E-state index >= 15 is 0 Å². The zero-order valence-corrected chi connectivity index (χ0v) is 6.73. The number of hydrogen-bond donors (Lipinski definition) is 0. The Morgan fingerprint density at radius 1 is 1.62 bits per heavy atom. The van der Waals surface area contributed by atoms with Crippen LogP contribution in [0, 0.1) is 0 Å². The number of hydrogen-bond acceptors (Lipinski definition) is 1. The highest BCUT2D eigenvalue weighted by atomic mass is 79.9. The fourth-order valence-corrected chi connectivity index (χ4v) is 0.644. The lowest BCUT2D eigenvalue weighted by Crippen LogP contribution is -2.21. The minimum absolute atomic E-state index is 0.168. The molecule has 0 fully saturated rings. The van der Waals surface area contributed by atoms with Crippen molar-refractivity contribution in [2.24, 2.45) is 0 Å². The van der Waals surface area contributed by atoms with E-state index in [9.17, 15) is 4.79 Å². The van der Waals surface area contributed by atoms with E-state index in [0.29, 0.717) is 6.42 Å². The maximum Gasteiger partial charge on any atom is 0.222 e. The summed E-state index contributed by atoms with van der Waals surface area (Å²) >= 11 is 3.17. The van der Waals surface area contributed by atoms with Crippen LogP contribution in [0.25, 0.3) is 0 Å². The number of halogens is 1. The lowest BCUT2D eigenvalue weighted by Gasteiger charge is -2.07. The van der Waals surface area contributed by atoms with Crippen molar-refractivity contribution in [3.63, 3.8) is 0 Å². The second-order valence-electron chi connectivity index (χ2n) is 1.73. The molecule has 2 nitrogen and oxygen atoms in total. The number of rotatable bonds is 2. The van der Waals surface area contributed by atoms with Gasteiger partial charge in [0.15, 0.2) is 0 Å². The van der Waals surface area contributed by atoms with Crippen molar-refractivity contribution in [2.75, 3.05) is 19.4 Å². The molecule has 1 amide bonds. The second kappa shape index (κ2) is 3.89. The van der Waals surface area contributed by atoms with E-state index in [4.69, 9.17) is 0 Å². The molecule has 0 N–H and O–H groups in total.